The molecule has 1 aromatic carbocycles. The van der Waals surface area contributed by atoms with Gasteiger partial charge in [-0.2, -0.15) is 0 Å². The van der Waals surface area contributed by atoms with Gasteiger partial charge in [0.15, 0.2) is 0 Å². The second-order valence-corrected chi connectivity index (χ2v) is 5.90. The quantitative estimate of drug-likeness (QED) is 0.800. The van der Waals surface area contributed by atoms with Crippen molar-refractivity contribution in [3.8, 4) is 0 Å². The SMILES string of the molecule is CCOC(=O)C1CCCN1C(=O)C(C)(C)c1ccccc1. The van der Waals surface area contributed by atoms with Gasteiger partial charge in [-0.15, -0.1) is 0 Å². The molecule has 0 aliphatic carbocycles. The van der Waals surface area contributed by atoms with Crippen LogP contribution in [-0.4, -0.2) is 36.0 Å². The lowest BCUT2D eigenvalue weighted by Crippen LogP contribution is -2.48. The maximum atomic E-state index is 12.9. The Bertz CT molecular complexity index is 510. The van der Waals surface area contributed by atoms with E-state index >= 15 is 0 Å². The summed E-state index contributed by atoms with van der Waals surface area (Å²) in [7, 11) is 0. The summed E-state index contributed by atoms with van der Waals surface area (Å²) >= 11 is 0. The highest BCUT2D eigenvalue weighted by molar-refractivity contribution is 5.91. The fourth-order valence-electron chi connectivity index (χ4n) is 2.83. The highest BCUT2D eigenvalue weighted by atomic mass is 16.5. The first-order valence-corrected chi connectivity index (χ1v) is 7.51. The van der Waals surface area contributed by atoms with Crippen molar-refractivity contribution < 1.29 is 14.3 Å². The van der Waals surface area contributed by atoms with Gasteiger partial charge in [0, 0.05) is 6.54 Å². The molecule has 0 N–H and O–H groups in total. The number of carbonyl (C=O) groups excluding carboxylic acids is 2. The number of likely N-dealkylation sites (tertiary alicyclic amines) is 1. The lowest BCUT2D eigenvalue weighted by atomic mass is 9.83. The fourth-order valence-corrected chi connectivity index (χ4v) is 2.83. The Morgan fingerprint density at radius 3 is 2.57 bits per heavy atom. The predicted molar refractivity (Wildman–Crippen MR) is 80.8 cm³/mol. The van der Waals surface area contributed by atoms with E-state index in [0.717, 1.165) is 12.0 Å². The second-order valence-electron chi connectivity index (χ2n) is 5.90. The summed E-state index contributed by atoms with van der Waals surface area (Å²) in [5.41, 5.74) is 0.320. The summed E-state index contributed by atoms with van der Waals surface area (Å²) in [4.78, 5) is 26.6. The van der Waals surface area contributed by atoms with Gasteiger partial charge in [0.2, 0.25) is 5.91 Å². The molecule has 1 aromatic rings. The molecular weight excluding hydrogens is 266 g/mol. The Hall–Kier alpha value is -1.84. The number of amides is 1. The minimum absolute atomic E-state index is 0.00995. The van der Waals surface area contributed by atoms with Gasteiger partial charge in [-0.3, -0.25) is 4.79 Å². The van der Waals surface area contributed by atoms with E-state index in [4.69, 9.17) is 4.74 Å². The molecule has 0 bridgehead atoms. The standard InChI is InChI=1S/C17H23NO3/c1-4-21-15(19)14-11-8-12-18(14)16(20)17(2,3)13-9-6-5-7-10-13/h5-7,9-10,14H,4,8,11-12H2,1-3H3. The van der Waals surface area contributed by atoms with Gasteiger partial charge < -0.3 is 9.64 Å². The van der Waals surface area contributed by atoms with Gasteiger partial charge in [0.1, 0.15) is 6.04 Å². The smallest absolute Gasteiger partial charge is 0.328 e. The fraction of sp³-hybridized carbons (Fsp3) is 0.529. The van der Waals surface area contributed by atoms with Gasteiger partial charge >= 0.3 is 5.97 Å². The summed E-state index contributed by atoms with van der Waals surface area (Å²) in [6.07, 6.45) is 1.54. The van der Waals surface area contributed by atoms with Gasteiger partial charge in [0.05, 0.1) is 12.0 Å². The van der Waals surface area contributed by atoms with Crippen LogP contribution in [0.3, 0.4) is 0 Å². The highest BCUT2D eigenvalue weighted by Crippen LogP contribution is 2.30. The average molecular weight is 289 g/mol. The zero-order valence-corrected chi connectivity index (χ0v) is 13.0. The third kappa shape index (κ3) is 3.09. The molecule has 1 aliphatic rings. The Morgan fingerprint density at radius 2 is 1.95 bits per heavy atom. The zero-order valence-electron chi connectivity index (χ0n) is 13.0. The van der Waals surface area contributed by atoms with E-state index in [-0.39, 0.29) is 11.9 Å². The van der Waals surface area contributed by atoms with Crippen molar-refractivity contribution in [2.45, 2.75) is 45.1 Å². The van der Waals surface area contributed by atoms with Gasteiger partial charge in [-0.05, 0) is 39.2 Å². The normalized spacial score (nSPS) is 18.6. The molecule has 0 spiro atoms. The van der Waals surface area contributed by atoms with Gasteiger partial charge in [0.25, 0.3) is 0 Å². The Labute approximate surface area is 126 Å². The minimum atomic E-state index is -0.643. The molecule has 4 nitrogen and oxygen atoms in total. The molecule has 1 fully saturated rings. The van der Waals surface area contributed by atoms with Crippen molar-refractivity contribution in [3.05, 3.63) is 35.9 Å². The molecule has 114 valence electrons. The Morgan fingerprint density at radius 1 is 1.29 bits per heavy atom. The first kappa shape index (κ1) is 15.5. The maximum Gasteiger partial charge on any atom is 0.328 e. The lowest BCUT2D eigenvalue weighted by molar-refractivity contribution is -0.154. The van der Waals surface area contributed by atoms with Crippen molar-refractivity contribution in [1.29, 1.82) is 0 Å². The van der Waals surface area contributed by atoms with Crippen molar-refractivity contribution in [3.63, 3.8) is 0 Å². The molecule has 0 saturated carbocycles. The molecule has 2 rings (SSSR count). The van der Waals surface area contributed by atoms with Crippen molar-refractivity contribution >= 4 is 11.9 Å². The molecule has 1 unspecified atom stereocenters. The van der Waals surface area contributed by atoms with E-state index in [2.05, 4.69) is 0 Å². The molecule has 0 aromatic heterocycles. The summed E-state index contributed by atoms with van der Waals surface area (Å²) in [6, 6.07) is 9.26. The lowest BCUT2D eigenvalue weighted by Gasteiger charge is -2.32. The van der Waals surface area contributed by atoms with Crippen molar-refractivity contribution in [2.75, 3.05) is 13.2 Å². The summed E-state index contributed by atoms with van der Waals surface area (Å²) < 4.78 is 5.09. The molecular formula is C17H23NO3. The van der Waals surface area contributed by atoms with E-state index in [1.54, 1.807) is 11.8 Å². The van der Waals surface area contributed by atoms with Crippen LogP contribution in [0.2, 0.25) is 0 Å². The third-order valence-electron chi connectivity index (χ3n) is 4.10. The highest BCUT2D eigenvalue weighted by Gasteiger charge is 2.41. The topological polar surface area (TPSA) is 46.6 Å². The van der Waals surface area contributed by atoms with E-state index in [0.29, 0.717) is 19.6 Å². The van der Waals surface area contributed by atoms with E-state index in [1.807, 2.05) is 44.2 Å². The number of hydrogen-bond donors (Lipinski definition) is 0. The number of esters is 1. The monoisotopic (exact) mass is 289 g/mol. The van der Waals surface area contributed by atoms with Gasteiger partial charge in [-0.25, -0.2) is 4.79 Å². The van der Waals surface area contributed by atoms with Crippen LogP contribution in [0.5, 0.6) is 0 Å². The first-order chi connectivity index (χ1) is 9.98. The largest absolute Gasteiger partial charge is 0.464 e. The van der Waals surface area contributed by atoms with Crippen LogP contribution in [0.15, 0.2) is 30.3 Å². The number of ether oxygens (including phenoxy) is 1. The van der Waals surface area contributed by atoms with E-state index < -0.39 is 11.5 Å². The van der Waals surface area contributed by atoms with Gasteiger partial charge in [-0.1, -0.05) is 30.3 Å². The molecule has 1 amide bonds. The van der Waals surface area contributed by atoms with Crippen LogP contribution in [0.4, 0.5) is 0 Å². The summed E-state index contributed by atoms with van der Waals surface area (Å²) in [5, 5.41) is 0. The van der Waals surface area contributed by atoms with Crippen LogP contribution in [0.1, 0.15) is 39.2 Å². The minimum Gasteiger partial charge on any atom is -0.464 e. The molecule has 1 atom stereocenters. The van der Waals surface area contributed by atoms with Crippen LogP contribution in [0, 0.1) is 0 Å². The maximum absolute atomic E-state index is 12.9. The molecule has 1 heterocycles. The number of carbonyl (C=O) groups is 2. The second kappa shape index (κ2) is 6.29. The summed E-state index contributed by atoms with van der Waals surface area (Å²) in [5.74, 6) is -0.295. The predicted octanol–water partition coefficient (Wildman–Crippen LogP) is 2.52. The first-order valence-electron chi connectivity index (χ1n) is 7.51. The number of nitrogens with zero attached hydrogens (tertiary/aromatic N) is 1. The Kier molecular flexibility index (Phi) is 4.66. The number of hydrogen-bond acceptors (Lipinski definition) is 3. The molecule has 21 heavy (non-hydrogen) atoms. The number of benzene rings is 1. The van der Waals surface area contributed by atoms with E-state index in [9.17, 15) is 9.59 Å². The average Bonchev–Trinajstić information content (AvgIpc) is 2.97. The molecule has 4 heteroatoms. The number of rotatable bonds is 4. The van der Waals surface area contributed by atoms with E-state index in [1.165, 1.54) is 0 Å². The van der Waals surface area contributed by atoms with Crippen LogP contribution in [0.25, 0.3) is 0 Å². The van der Waals surface area contributed by atoms with Crippen LogP contribution >= 0.6 is 0 Å². The van der Waals surface area contributed by atoms with Crippen LogP contribution in [-0.2, 0) is 19.7 Å². The third-order valence-corrected chi connectivity index (χ3v) is 4.10. The Balaban J connectivity index is 2.20. The summed E-state index contributed by atoms with van der Waals surface area (Å²) in [6.45, 7) is 6.57. The van der Waals surface area contributed by atoms with Crippen molar-refractivity contribution in [2.24, 2.45) is 0 Å². The molecule has 1 aliphatic heterocycles. The molecule has 0 radical (unpaired) electrons. The van der Waals surface area contributed by atoms with Crippen LogP contribution < -0.4 is 0 Å². The zero-order chi connectivity index (χ0) is 15.5. The molecule has 1 saturated heterocycles. The van der Waals surface area contributed by atoms with Crippen molar-refractivity contribution in [1.82, 2.24) is 4.90 Å².